The van der Waals surface area contributed by atoms with Gasteiger partial charge in [-0.15, -0.1) is 0 Å². The first-order valence-corrected chi connectivity index (χ1v) is 6.79. The molecule has 1 atom stereocenters. The zero-order valence-corrected chi connectivity index (χ0v) is 11.4. The van der Waals surface area contributed by atoms with Crippen molar-refractivity contribution < 1.29 is 4.74 Å². The quantitative estimate of drug-likeness (QED) is 0.842. The summed E-state index contributed by atoms with van der Waals surface area (Å²) in [5.74, 6) is 0.804. The number of benzene rings is 1. The number of hydrogen-bond acceptors (Lipinski definition) is 4. The Morgan fingerprint density at radius 3 is 3.05 bits per heavy atom. The molecule has 2 N–H and O–H groups in total. The fraction of sp³-hybridized carbons (Fsp3) is 0.533. The summed E-state index contributed by atoms with van der Waals surface area (Å²) in [5, 5.41) is 8.75. The average Bonchev–Trinajstić information content (AvgIpc) is 2.41. The van der Waals surface area contributed by atoms with E-state index >= 15 is 0 Å². The van der Waals surface area contributed by atoms with Crippen molar-refractivity contribution >= 4 is 5.69 Å². The van der Waals surface area contributed by atoms with E-state index in [1.807, 2.05) is 18.2 Å². The van der Waals surface area contributed by atoms with Crippen molar-refractivity contribution in [3.05, 3.63) is 23.8 Å². The summed E-state index contributed by atoms with van der Waals surface area (Å²) >= 11 is 0. The van der Waals surface area contributed by atoms with E-state index in [4.69, 9.17) is 15.7 Å². The molecule has 4 nitrogen and oxygen atoms in total. The van der Waals surface area contributed by atoms with Gasteiger partial charge >= 0.3 is 0 Å². The third-order valence-corrected chi connectivity index (χ3v) is 3.75. The van der Waals surface area contributed by atoms with Crippen molar-refractivity contribution in [2.75, 3.05) is 25.9 Å². The number of likely N-dealkylation sites (N-methyl/N-ethyl adjacent to an activating group) is 1. The number of nitrogens with zero attached hydrogens (tertiary/aromatic N) is 2. The Labute approximate surface area is 114 Å². The van der Waals surface area contributed by atoms with E-state index in [-0.39, 0.29) is 0 Å². The third kappa shape index (κ3) is 3.62. The second-order valence-corrected chi connectivity index (χ2v) is 5.14. The minimum atomic E-state index is 0.326. The van der Waals surface area contributed by atoms with Gasteiger partial charge in [-0.05, 0) is 50.2 Å². The number of piperidine rings is 1. The van der Waals surface area contributed by atoms with Gasteiger partial charge in [0, 0.05) is 11.7 Å². The second kappa shape index (κ2) is 6.44. The van der Waals surface area contributed by atoms with Crippen LogP contribution in [-0.2, 0) is 6.42 Å². The molecule has 1 aliphatic rings. The molecule has 0 saturated carbocycles. The van der Waals surface area contributed by atoms with Gasteiger partial charge in [-0.3, -0.25) is 0 Å². The topological polar surface area (TPSA) is 62.3 Å². The van der Waals surface area contributed by atoms with Gasteiger partial charge < -0.3 is 15.4 Å². The molecule has 1 aromatic rings. The van der Waals surface area contributed by atoms with Crippen molar-refractivity contribution in [3.63, 3.8) is 0 Å². The molecular weight excluding hydrogens is 238 g/mol. The molecule has 0 spiro atoms. The fourth-order valence-electron chi connectivity index (χ4n) is 2.46. The largest absolute Gasteiger partial charge is 0.492 e. The van der Waals surface area contributed by atoms with Gasteiger partial charge in [-0.1, -0.05) is 6.42 Å². The molecule has 1 fully saturated rings. The van der Waals surface area contributed by atoms with Crippen LogP contribution in [0.2, 0.25) is 0 Å². The molecule has 0 radical (unpaired) electrons. The average molecular weight is 259 g/mol. The zero-order valence-electron chi connectivity index (χ0n) is 11.4. The molecule has 0 aliphatic carbocycles. The van der Waals surface area contributed by atoms with Crippen molar-refractivity contribution in [2.45, 2.75) is 31.7 Å². The van der Waals surface area contributed by atoms with Gasteiger partial charge in [0.25, 0.3) is 0 Å². The Morgan fingerprint density at radius 2 is 2.32 bits per heavy atom. The molecule has 1 aromatic carbocycles. The lowest BCUT2D eigenvalue weighted by atomic mass is 10.0. The maximum Gasteiger partial charge on any atom is 0.119 e. The molecular formula is C15H21N3O. The lowest BCUT2D eigenvalue weighted by Crippen LogP contribution is -2.40. The first-order chi connectivity index (χ1) is 9.20. The summed E-state index contributed by atoms with van der Waals surface area (Å²) in [6.07, 6.45) is 4.07. The SMILES string of the molecule is CN1CCCCC1COc1ccc(N)c(CC#N)c1. The van der Waals surface area contributed by atoms with Gasteiger partial charge in [0.2, 0.25) is 0 Å². The first-order valence-electron chi connectivity index (χ1n) is 6.79. The molecule has 0 bridgehead atoms. The summed E-state index contributed by atoms with van der Waals surface area (Å²) in [6, 6.07) is 8.17. The van der Waals surface area contributed by atoms with Crippen LogP contribution in [-0.4, -0.2) is 31.1 Å². The number of hydrogen-bond donors (Lipinski definition) is 1. The minimum absolute atomic E-state index is 0.326. The van der Waals surface area contributed by atoms with Crippen LogP contribution in [0.15, 0.2) is 18.2 Å². The molecule has 1 heterocycles. The Balaban J connectivity index is 1.95. The predicted molar refractivity (Wildman–Crippen MR) is 75.9 cm³/mol. The van der Waals surface area contributed by atoms with Crippen LogP contribution < -0.4 is 10.5 Å². The predicted octanol–water partition coefficient (Wildman–Crippen LogP) is 2.20. The highest BCUT2D eigenvalue weighted by molar-refractivity contribution is 5.51. The summed E-state index contributed by atoms with van der Waals surface area (Å²) in [4.78, 5) is 2.36. The van der Waals surface area contributed by atoms with E-state index in [2.05, 4.69) is 18.0 Å². The van der Waals surface area contributed by atoms with Gasteiger partial charge in [0.05, 0.1) is 12.5 Å². The number of ether oxygens (including phenoxy) is 1. The fourth-order valence-corrected chi connectivity index (χ4v) is 2.46. The van der Waals surface area contributed by atoms with Gasteiger partial charge in [-0.2, -0.15) is 5.26 Å². The van der Waals surface area contributed by atoms with E-state index in [0.29, 0.717) is 24.8 Å². The number of likely N-dealkylation sites (tertiary alicyclic amines) is 1. The van der Waals surface area contributed by atoms with Crippen molar-refractivity contribution in [2.24, 2.45) is 0 Å². The highest BCUT2D eigenvalue weighted by atomic mass is 16.5. The highest BCUT2D eigenvalue weighted by Crippen LogP contribution is 2.22. The summed E-state index contributed by atoms with van der Waals surface area (Å²) in [5.41, 5.74) is 7.32. The molecule has 4 heteroatoms. The van der Waals surface area contributed by atoms with Gasteiger partial charge in [0.15, 0.2) is 0 Å². The first kappa shape index (κ1) is 13.7. The Morgan fingerprint density at radius 1 is 1.47 bits per heavy atom. The summed E-state index contributed by atoms with van der Waals surface area (Å²) in [7, 11) is 2.15. The number of rotatable bonds is 4. The maximum atomic E-state index is 8.75. The number of nitrogen functional groups attached to an aromatic ring is 1. The molecule has 2 rings (SSSR count). The Hall–Kier alpha value is -1.73. The molecule has 1 aliphatic heterocycles. The van der Waals surface area contributed by atoms with Crippen molar-refractivity contribution in [3.8, 4) is 11.8 Å². The molecule has 1 unspecified atom stereocenters. The second-order valence-electron chi connectivity index (χ2n) is 5.14. The summed E-state index contributed by atoms with van der Waals surface area (Å²) in [6.45, 7) is 1.85. The molecule has 102 valence electrons. The molecule has 19 heavy (non-hydrogen) atoms. The van der Waals surface area contributed by atoms with Gasteiger partial charge in [0.1, 0.15) is 12.4 Å². The van der Waals surface area contributed by atoms with Crippen LogP contribution in [0.25, 0.3) is 0 Å². The number of nitriles is 1. The normalized spacial score (nSPS) is 19.9. The van der Waals surface area contributed by atoms with Crippen LogP contribution in [0.1, 0.15) is 24.8 Å². The highest BCUT2D eigenvalue weighted by Gasteiger charge is 2.19. The summed E-state index contributed by atoms with van der Waals surface area (Å²) < 4.78 is 5.85. The minimum Gasteiger partial charge on any atom is -0.492 e. The number of anilines is 1. The maximum absolute atomic E-state index is 8.75. The molecule has 1 saturated heterocycles. The van der Waals surface area contributed by atoms with Crippen LogP contribution in [0.3, 0.4) is 0 Å². The number of nitrogens with two attached hydrogens (primary N) is 1. The smallest absolute Gasteiger partial charge is 0.119 e. The van der Waals surface area contributed by atoms with Crippen molar-refractivity contribution in [1.82, 2.24) is 4.90 Å². The Bertz CT molecular complexity index is 467. The van der Waals surface area contributed by atoms with Crippen molar-refractivity contribution in [1.29, 1.82) is 5.26 Å². The van der Waals surface area contributed by atoms with Crippen LogP contribution >= 0.6 is 0 Å². The Kier molecular flexibility index (Phi) is 4.64. The van der Waals surface area contributed by atoms with E-state index in [1.54, 1.807) is 0 Å². The lowest BCUT2D eigenvalue weighted by Gasteiger charge is -2.32. The monoisotopic (exact) mass is 259 g/mol. The van der Waals surface area contributed by atoms with E-state index in [1.165, 1.54) is 19.3 Å². The third-order valence-electron chi connectivity index (χ3n) is 3.75. The van der Waals surface area contributed by atoms with Crippen LogP contribution in [0, 0.1) is 11.3 Å². The van der Waals surface area contributed by atoms with Crippen LogP contribution in [0.4, 0.5) is 5.69 Å². The van der Waals surface area contributed by atoms with Crippen LogP contribution in [0.5, 0.6) is 5.75 Å². The molecule has 0 aromatic heterocycles. The van der Waals surface area contributed by atoms with E-state index in [9.17, 15) is 0 Å². The zero-order chi connectivity index (χ0) is 13.7. The lowest BCUT2D eigenvalue weighted by molar-refractivity contribution is 0.125. The van der Waals surface area contributed by atoms with E-state index in [0.717, 1.165) is 17.9 Å². The van der Waals surface area contributed by atoms with E-state index < -0.39 is 0 Å². The van der Waals surface area contributed by atoms with Gasteiger partial charge in [-0.25, -0.2) is 0 Å². The standard InChI is InChI=1S/C15H21N3O/c1-18-9-3-2-4-13(18)11-19-14-5-6-15(17)12(10-14)7-8-16/h5-6,10,13H,2-4,7,9,11,17H2,1H3. The molecule has 0 amide bonds.